The number of amides is 3. The predicted molar refractivity (Wildman–Crippen MR) is 148 cm³/mol. The number of benzene rings is 1. The second-order valence-electron chi connectivity index (χ2n) is 10.3. The van der Waals surface area contributed by atoms with Crippen LogP contribution in [-0.4, -0.2) is 71.7 Å². The molecule has 4 heterocycles. The van der Waals surface area contributed by atoms with Gasteiger partial charge in [0.15, 0.2) is 16.6 Å². The summed E-state index contributed by atoms with van der Waals surface area (Å²) in [6.45, 7) is 7.67. The van der Waals surface area contributed by atoms with Crippen LogP contribution in [0.3, 0.4) is 0 Å². The Bertz CT molecular complexity index is 1460. The Balaban J connectivity index is 1.26. The van der Waals surface area contributed by atoms with Gasteiger partial charge in [0.1, 0.15) is 11.4 Å². The summed E-state index contributed by atoms with van der Waals surface area (Å²) < 4.78 is 25.2. The van der Waals surface area contributed by atoms with E-state index in [1.165, 1.54) is 18.1 Å². The fraction of sp³-hybridized carbons (Fsp3) is 0.370. The van der Waals surface area contributed by atoms with Crippen LogP contribution in [-0.2, 0) is 11.3 Å². The molecular formula is C27H29FN6O5S. The minimum absolute atomic E-state index is 0.00850. The predicted octanol–water partition coefficient (Wildman–Crippen LogP) is 4.16. The van der Waals surface area contributed by atoms with Crippen molar-refractivity contribution < 1.29 is 28.2 Å². The Morgan fingerprint density at radius 3 is 2.58 bits per heavy atom. The van der Waals surface area contributed by atoms with E-state index < -0.39 is 23.2 Å². The van der Waals surface area contributed by atoms with Gasteiger partial charge >= 0.3 is 6.09 Å². The van der Waals surface area contributed by atoms with E-state index in [2.05, 4.69) is 20.2 Å². The van der Waals surface area contributed by atoms with E-state index >= 15 is 0 Å². The highest BCUT2D eigenvalue weighted by molar-refractivity contribution is 7.12. The first-order chi connectivity index (χ1) is 19.1. The van der Waals surface area contributed by atoms with Crippen molar-refractivity contribution in [2.75, 3.05) is 48.4 Å². The summed E-state index contributed by atoms with van der Waals surface area (Å²) in [5, 5.41) is 4.60. The molecule has 1 fully saturated rings. The molecule has 1 aromatic carbocycles. The van der Waals surface area contributed by atoms with Gasteiger partial charge in [-0.25, -0.2) is 14.2 Å². The van der Waals surface area contributed by atoms with Crippen LogP contribution >= 0.6 is 11.3 Å². The van der Waals surface area contributed by atoms with Crippen molar-refractivity contribution in [2.24, 2.45) is 0 Å². The van der Waals surface area contributed by atoms with Gasteiger partial charge in [-0.05, 0) is 38.5 Å². The van der Waals surface area contributed by atoms with Crippen LogP contribution in [0.4, 0.5) is 26.4 Å². The van der Waals surface area contributed by atoms with Crippen molar-refractivity contribution in [1.29, 1.82) is 0 Å². The van der Waals surface area contributed by atoms with Gasteiger partial charge in [0.25, 0.3) is 11.8 Å². The summed E-state index contributed by atoms with van der Waals surface area (Å²) in [5.74, 6) is -1.46. The van der Waals surface area contributed by atoms with E-state index in [0.717, 1.165) is 17.0 Å². The van der Waals surface area contributed by atoms with Gasteiger partial charge < -0.3 is 24.6 Å². The van der Waals surface area contributed by atoms with Crippen LogP contribution in [0.1, 0.15) is 46.5 Å². The van der Waals surface area contributed by atoms with E-state index in [1.807, 2.05) is 20.8 Å². The monoisotopic (exact) mass is 568 g/mol. The average molecular weight is 569 g/mol. The van der Waals surface area contributed by atoms with Gasteiger partial charge in [-0.2, -0.15) is 0 Å². The third-order valence-corrected chi connectivity index (χ3v) is 7.31. The van der Waals surface area contributed by atoms with Gasteiger partial charge in [-0.15, -0.1) is 11.3 Å². The highest BCUT2D eigenvalue weighted by Gasteiger charge is 2.35. The van der Waals surface area contributed by atoms with Crippen LogP contribution < -0.4 is 19.9 Å². The molecule has 40 heavy (non-hydrogen) atoms. The first-order valence-electron chi connectivity index (χ1n) is 12.7. The fourth-order valence-electron chi connectivity index (χ4n) is 4.56. The topological polar surface area (TPSA) is 117 Å². The lowest BCUT2D eigenvalue weighted by Gasteiger charge is -2.37. The van der Waals surface area contributed by atoms with E-state index in [4.69, 9.17) is 9.47 Å². The zero-order chi connectivity index (χ0) is 28.6. The molecule has 3 amide bonds. The smallest absolute Gasteiger partial charge is 0.410 e. The molecule has 2 aromatic heterocycles. The molecule has 0 spiro atoms. The summed E-state index contributed by atoms with van der Waals surface area (Å²) in [6.07, 6.45) is 2.84. The molecule has 0 bridgehead atoms. The number of aromatic nitrogens is 2. The molecule has 210 valence electrons. The largest absolute Gasteiger partial charge is 0.494 e. The molecule has 11 nitrogen and oxygen atoms in total. The number of methoxy groups -OCH3 is 1. The highest BCUT2D eigenvalue weighted by Crippen LogP contribution is 2.34. The lowest BCUT2D eigenvalue weighted by molar-refractivity contribution is 0.0240. The number of nitrogens with zero attached hydrogens (tertiary/aromatic N) is 5. The number of fused-ring (bicyclic) bond motifs is 1. The summed E-state index contributed by atoms with van der Waals surface area (Å²) in [7, 11) is 1.34. The van der Waals surface area contributed by atoms with Crippen LogP contribution in [0.2, 0.25) is 0 Å². The number of hydrogen-bond donors (Lipinski definition) is 1. The number of carbonyl (C=O) groups excluding carboxylic acids is 3. The molecule has 3 aromatic rings. The molecule has 2 aliphatic rings. The van der Waals surface area contributed by atoms with E-state index in [9.17, 15) is 18.8 Å². The first kappa shape index (κ1) is 27.3. The Labute approximate surface area is 234 Å². The van der Waals surface area contributed by atoms with E-state index in [1.54, 1.807) is 34.8 Å². The van der Waals surface area contributed by atoms with Gasteiger partial charge in [0.05, 0.1) is 36.8 Å². The van der Waals surface area contributed by atoms with Crippen molar-refractivity contribution >= 4 is 46.4 Å². The maximum atomic E-state index is 14.7. The Morgan fingerprint density at radius 2 is 1.88 bits per heavy atom. The van der Waals surface area contributed by atoms with E-state index in [-0.39, 0.29) is 34.8 Å². The van der Waals surface area contributed by atoms with Crippen molar-refractivity contribution in [3.05, 3.63) is 57.9 Å². The van der Waals surface area contributed by atoms with Gasteiger partial charge in [-0.3, -0.25) is 19.5 Å². The van der Waals surface area contributed by atoms with Crippen LogP contribution in [0, 0.1) is 5.82 Å². The molecule has 0 unspecified atom stereocenters. The number of ether oxygens (including phenoxy) is 2. The number of hydrogen-bond acceptors (Lipinski definition) is 9. The molecule has 0 saturated carbocycles. The zero-order valence-electron chi connectivity index (χ0n) is 22.6. The first-order valence-corrected chi connectivity index (χ1v) is 13.5. The SMILES string of the molecule is COc1ccc2c(c1F)C(=O)N(c1csc(C(=O)Nc3cnccc3N3CCN(C(=O)OC(C)(C)C)CC3)n1)C2. The number of anilines is 3. The molecule has 2 aliphatic heterocycles. The second kappa shape index (κ2) is 10.7. The van der Waals surface area contributed by atoms with Crippen molar-refractivity contribution in [1.82, 2.24) is 14.9 Å². The molecule has 1 saturated heterocycles. The standard InChI is InChI=1S/C27H29FN6O5S/c1-27(2,3)39-26(37)33-11-9-32(10-12-33)18-7-8-29-13-17(18)30-23(35)24-31-20(15-40-24)34-14-16-5-6-19(38-4)22(28)21(16)25(34)36/h5-8,13,15H,9-12,14H2,1-4H3,(H,30,35). The van der Waals surface area contributed by atoms with Gasteiger partial charge in [-0.1, -0.05) is 6.07 Å². The number of thiazole rings is 1. The molecule has 0 atom stereocenters. The fourth-order valence-corrected chi connectivity index (χ4v) is 5.27. The molecule has 13 heteroatoms. The Morgan fingerprint density at radius 1 is 1.12 bits per heavy atom. The summed E-state index contributed by atoms with van der Waals surface area (Å²) >= 11 is 1.08. The lowest BCUT2D eigenvalue weighted by atomic mass is 10.1. The molecule has 5 rings (SSSR count). The number of rotatable bonds is 5. The van der Waals surface area contributed by atoms with Crippen LogP contribution in [0.25, 0.3) is 0 Å². The third kappa shape index (κ3) is 5.41. The number of piperazine rings is 1. The number of pyridine rings is 1. The number of nitrogens with one attached hydrogen (secondary N) is 1. The van der Waals surface area contributed by atoms with Gasteiger partial charge in [0, 0.05) is 37.8 Å². The Kier molecular flexibility index (Phi) is 7.32. The highest BCUT2D eigenvalue weighted by atomic mass is 32.1. The van der Waals surface area contributed by atoms with Crippen molar-refractivity contribution in [3.8, 4) is 5.75 Å². The number of carbonyl (C=O) groups is 3. The maximum absolute atomic E-state index is 14.7. The van der Waals surface area contributed by atoms with Crippen molar-refractivity contribution in [2.45, 2.75) is 32.9 Å². The summed E-state index contributed by atoms with van der Waals surface area (Å²) in [5.41, 5.74) is 1.16. The van der Waals surface area contributed by atoms with Gasteiger partial charge in [0.2, 0.25) is 0 Å². The second-order valence-corrected chi connectivity index (χ2v) is 11.2. The molecule has 1 N–H and O–H groups in total. The minimum atomic E-state index is -0.711. The zero-order valence-corrected chi connectivity index (χ0v) is 23.4. The number of halogens is 1. The summed E-state index contributed by atoms with van der Waals surface area (Å²) in [6, 6.07) is 4.93. The normalized spacial score (nSPS) is 15.2. The van der Waals surface area contributed by atoms with E-state index in [0.29, 0.717) is 37.4 Å². The molecular weight excluding hydrogens is 539 g/mol. The van der Waals surface area contributed by atoms with Crippen LogP contribution in [0.5, 0.6) is 5.75 Å². The quantitative estimate of drug-likeness (QED) is 0.488. The lowest BCUT2D eigenvalue weighted by Crippen LogP contribution is -2.50. The molecule has 0 radical (unpaired) electrons. The minimum Gasteiger partial charge on any atom is -0.494 e. The van der Waals surface area contributed by atoms with Crippen LogP contribution in [0.15, 0.2) is 36.0 Å². The third-order valence-electron chi connectivity index (χ3n) is 6.48. The van der Waals surface area contributed by atoms with Crippen molar-refractivity contribution in [3.63, 3.8) is 0 Å². The summed E-state index contributed by atoms with van der Waals surface area (Å²) in [4.78, 5) is 52.1. The molecule has 0 aliphatic carbocycles. The maximum Gasteiger partial charge on any atom is 0.410 e. The Hall–Kier alpha value is -4.26. The average Bonchev–Trinajstić information content (AvgIpc) is 3.54.